The van der Waals surface area contributed by atoms with Crippen LogP contribution in [0.1, 0.15) is 78.6 Å². The van der Waals surface area contributed by atoms with E-state index >= 15 is 0 Å². The van der Waals surface area contributed by atoms with E-state index in [0.29, 0.717) is 35.4 Å². The van der Waals surface area contributed by atoms with Crippen LogP contribution in [0.5, 0.6) is 0 Å². The molecule has 2 unspecified atom stereocenters. The zero-order chi connectivity index (χ0) is 21.6. The number of hydrogen-bond donors (Lipinski definition) is 2. The van der Waals surface area contributed by atoms with Crippen molar-refractivity contribution in [2.24, 2.45) is 46.3 Å². The van der Waals surface area contributed by atoms with Crippen molar-refractivity contribution in [2.45, 2.75) is 96.6 Å². The van der Waals surface area contributed by atoms with Crippen LogP contribution in [0, 0.1) is 46.3 Å². The predicted octanol–water partition coefficient (Wildman–Crippen LogP) is 4.69. The van der Waals surface area contributed by atoms with Crippen LogP contribution in [0.25, 0.3) is 0 Å². The normalized spacial score (nSPS) is 58.3. The molecule has 11 atom stereocenters. The van der Waals surface area contributed by atoms with Gasteiger partial charge < -0.3 is 19.7 Å². The fourth-order valence-corrected chi connectivity index (χ4v) is 9.74. The molecule has 0 aromatic rings. The SMILES string of the molecule is C[C@H]1[C@H]2[C@H](C[C@H]3[C@@H]4CC=C5CC(O)CC[C@]5(C)[C@H]4CC[C@]23C)O[C@]12CCC(CO)CO2. The van der Waals surface area contributed by atoms with Gasteiger partial charge in [-0.3, -0.25) is 0 Å². The quantitative estimate of drug-likeness (QED) is 0.593. The predicted molar refractivity (Wildman–Crippen MR) is 119 cm³/mol. The third kappa shape index (κ3) is 2.80. The largest absolute Gasteiger partial charge is 0.396 e. The maximum Gasteiger partial charge on any atom is 0.171 e. The first-order chi connectivity index (χ1) is 14.8. The van der Waals surface area contributed by atoms with Crippen LogP contribution in [0.4, 0.5) is 0 Å². The van der Waals surface area contributed by atoms with Crippen molar-refractivity contribution >= 4 is 0 Å². The van der Waals surface area contributed by atoms with E-state index in [9.17, 15) is 10.2 Å². The summed E-state index contributed by atoms with van der Waals surface area (Å²) in [4.78, 5) is 0. The zero-order valence-electron chi connectivity index (χ0n) is 19.7. The number of aliphatic hydroxyl groups excluding tert-OH is 2. The molecule has 6 aliphatic rings. The second kappa shape index (κ2) is 7.04. The lowest BCUT2D eigenvalue weighted by atomic mass is 9.47. The highest BCUT2D eigenvalue weighted by Gasteiger charge is 2.68. The Bertz CT molecular complexity index is 754. The standard InChI is InChI=1S/C27H42O4/c1-16-24-23(31-27(16)11-6-17(14-28)15-30-27)13-22-20-5-4-18-12-19(29)7-9-25(18,2)21(20)8-10-26(22,24)3/h4,16-17,19-24,28-29H,5-15H2,1-3H3/t16-,17?,19?,20+,21-,22-,23-,24-,25-,26-,27+/m0/s1. The summed E-state index contributed by atoms with van der Waals surface area (Å²) in [6, 6.07) is 0. The molecule has 0 amide bonds. The molecule has 6 rings (SSSR count). The monoisotopic (exact) mass is 430 g/mol. The molecule has 4 aliphatic carbocycles. The number of ether oxygens (including phenoxy) is 2. The van der Waals surface area contributed by atoms with Crippen molar-refractivity contribution < 1.29 is 19.7 Å². The maximum atomic E-state index is 10.3. The summed E-state index contributed by atoms with van der Waals surface area (Å²) in [5.41, 5.74) is 2.22. The van der Waals surface area contributed by atoms with E-state index in [0.717, 1.165) is 49.9 Å². The zero-order valence-corrected chi connectivity index (χ0v) is 19.7. The minimum absolute atomic E-state index is 0.123. The molecule has 174 valence electrons. The molecular weight excluding hydrogens is 388 g/mol. The highest BCUT2D eigenvalue weighted by Crippen LogP contribution is 2.70. The van der Waals surface area contributed by atoms with Crippen molar-refractivity contribution in [3.8, 4) is 0 Å². The van der Waals surface area contributed by atoms with Gasteiger partial charge in [0.1, 0.15) is 0 Å². The summed E-state index contributed by atoms with van der Waals surface area (Å²) in [5.74, 6) is 3.18. The van der Waals surface area contributed by atoms with Gasteiger partial charge in [-0.25, -0.2) is 0 Å². The van der Waals surface area contributed by atoms with E-state index in [1.54, 1.807) is 5.57 Å². The van der Waals surface area contributed by atoms with Gasteiger partial charge >= 0.3 is 0 Å². The molecule has 0 aromatic heterocycles. The summed E-state index contributed by atoms with van der Waals surface area (Å²) in [7, 11) is 0. The molecule has 4 nitrogen and oxygen atoms in total. The van der Waals surface area contributed by atoms with Gasteiger partial charge in [-0.15, -0.1) is 0 Å². The topological polar surface area (TPSA) is 58.9 Å². The minimum atomic E-state index is -0.406. The Balaban J connectivity index is 1.26. The van der Waals surface area contributed by atoms with Crippen LogP contribution in [0.15, 0.2) is 11.6 Å². The molecular formula is C27H42O4. The lowest BCUT2D eigenvalue weighted by Crippen LogP contribution is -2.52. The molecule has 1 spiro atoms. The van der Waals surface area contributed by atoms with Gasteiger partial charge in [0.25, 0.3) is 0 Å². The molecule has 2 aliphatic heterocycles. The van der Waals surface area contributed by atoms with Gasteiger partial charge in [0.2, 0.25) is 0 Å². The van der Waals surface area contributed by atoms with Crippen molar-refractivity contribution in [2.75, 3.05) is 13.2 Å². The molecule has 3 saturated carbocycles. The first-order valence-electron chi connectivity index (χ1n) is 13.1. The van der Waals surface area contributed by atoms with Crippen LogP contribution < -0.4 is 0 Å². The Kier molecular flexibility index (Phi) is 4.80. The lowest BCUT2D eigenvalue weighted by Gasteiger charge is -2.58. The second-order valence-corrected chi connectivity index (χ2v) is 12.6. The third-order valence-electron chi connectivity index (χ3n) is 11.5. The van der Waals surface area contributed by atoms with E-state index in [1.807, 2.05) is 0 Å². The van der Waals surface area contributed by atoms with E-state index in [2.05, 4.69) is 26.8 Å². The van der Waals surface area contributed by atoms with E-state index in [-0.39, 0.29) is 18.6 Å². The third-order valence-corrected chi connectivity index (χ3v) is 11.5. The summed E-state index contributed by atoms with van der Waals surface area (Å²) in [5, 5.41) is 19.8. The number of allylic oxidation sites excluding steroid dienone is 1. The van der Waals surface area contributed by atoms with Gasteiger partial charge in [-0.05, 0) is 85.9 Å². The molecule has 5 fully saturated rings. The van der Waals surface area contributed by atoms with Crippen LogP contribution in [0.3, 0.4) is 0 Å². The van der Waals surface area contributed by atoms with Crippen molar-refractivity contribution in [3.63, 3.8) is 0 Å². The fraction of sp³-hybridized carbons (Fsp3) is 0.926. The number of hydrogen-bond acceptors (Lipinski definition) is 4. The van der Waals surface area contributed by atoms with Crippen molar-refractivity contribution in [1.29, 1.82) is 0 Å². The molecule has 31 heavy (non-hydrogen) atoms. The van der Waals surface area contributed by atoms with E-state index in [1.165, 1.54) is 25.7 Å². The molecule has 4 heteroatoms. The average Bonchev–Trinajstić information content (AvgIpc) is 3.20. The molecule has 2 N–H and O–H groups in total. The lowest BCUT2D eigenvalue weighted by molar-refractivity contribution is -0.275. The number of rotatable bonds is 1. The molecule has 0 bridgehead atoms. The summed E-state index contributed by atoms with van der Waals surface area (Å²) < 4.78 is 13.2. The Hall–Kier alpha value is -0.420. The van der Waals surface area contributed by atoms with Gasteiger partial charge in [0.05, 0.1) is 18.8 Å². The van der Waals surface area contributed by atoms with Crippen LogP contribution >= 0.6 is 0 Å². The second-order valence-electron chi connectivity index (χ2n) is 12.6. The van der Waals surface area contributed by atoms with Crippen molar-refractivity contribution in [1.82, 2.24) is 0 Å². The smallest absolute Gasteiger partial charge is 0.171 e. The number of fused-ring (bicyclic) bond motifs is 7. The maximum absolute atomic E-state index is 10.3. The Morgan fingerprint density at radius 3 is 2.68 bits per heavy atom. The average molecular weight is 431 g/mol. The van der Waals surface area contributed by atoms with Gasteiger partial charge in [-0.2, -0.15) is 0 Å². The van der Waals surface area contributed by atoms with Crippen LogP contribution in [-0.2, 0) is 9.47 Å². The Labute approximate surface area is 187 Å². The first kappa shape index (κ1) is 21.1. The van der Waals surface area contributed by atoms with Crippen LogP contribution in [-0.4, -0.2) is 41.4 Å². The van der Waals surface area contributed by atoms with E-state index in [4.69, 9.17) is 9.47 Å². The number of aliphatic hydroxyl groups is 2. The molecule has 2 heterocycles. The summed E-state index contributed by atoms with van der Waals surface area (Å²) in [6.07, 6.45) is 12.8. The van der Waals surface area contributed by atoms with Crippen LogP contribution in [0.2, 0.25) is 0 Å². The summed E-state index contributed by atoms with van der Waals surface area (Å²) >= 11 is 0. The highest BCUT2D eigenvalue weighted by molar-refractivity contribution is 5.26. The Morgan fingerprint density at radius 2 is 1.94 bits per heavy atom. The fourth-order valence-electron chi connectivity index (χ4n) is 9.74. The van der Waals surface area contributed by atoms with Gasteiger partial charge in [0, 0.05) is 24.9 Å². The van der Waals surface area contributed by atoms with Crippen molar-refractivity contribution in [3.05, 3.63) is 11.6 Å². The summed E-state index contributed by atoms with van der Waals surface area (Å²) in [6.45, 7) is 8.37. The molecule has 0 aromatic carbocycles. The molecule has 0 radical (unpaired) electrons. The van der Waals surface area contributed by atoms with Gasteiger partial charge in [-0.1, -0.05) is 32.4 Å². The Morgan fingerprint density at radius 1 is 1.10 bits per heavy atom. The molecule has 2 saturated heterocycles. The van der Waals surface area contributed by atoms with E-state index < -0.39 is 5.79 Å². The highest BCUT2D eigenvalue weighted by atomic mass is 16.7. The van der Waals surface area contributed by atoms with Gasteiger partial charge in [0.15, 0.2) is 5.79 Å². The minimum Gasteiger partial charge on any atom is -0.396 e. The first-order valence-corrected chi connectivity index (χ1v) is 13.1.